The zero-order valence-electron chi connectivity index (χ0n) is 20.9. The summed E-state index contributed by atoms with van der Waals surface area (Å²) in [6, 6.07) is 8.41. The van der Waals surface area contributed by atoms with E-state index in [4.69, 9.17) is 4.52 Å². The van der Waals surface area contributed by atoms with Crippen molar-refractivity contribution in [3.8, 4) is 11.7 Å². The Balaban J connectivity index is 1.28. The molecule has 1 unspecified atom stereocenters. The van der Waals surface area contributed by atoms with Crippen molar-refractivity contribution >= 4 is 11.3 Å². The van der Waals surface area contributed by atoms with Gasteiger partial charge in [0, 0.05) is 37.4 Å². The van der Waals surface area contributed by atoms with E-state index in [1.54, 1.807) is 10.8 Å². The molecule has 3 heterocycles. The van der Waals surface area contributed by atoms with Crippen LogP contribution in [0.15, 0.2) is 47.0 Å². The first-order valence-electron chi connectivity index (χ1n) is 12.0. The van der Waals surface area contributed by atoms with Crippen LogP contribution in [0.2, 0.25) is 0 Å². The van der Waals surface area contributed by atoms with E-state index in [9.17, 15) is 13.2 Å². The number of alkyl halides is 3. The molecular formula is C25H28F3N7O2. The molecule has 0 spiro atoms. The number of aryl methyl sites for hydroxylation is 1. The Hall–Kier alpha value is -3.51. The average Bonchev–Trinajstić information content (AvgIpc) is 3.46. The number of aromatic nitrogens is 5. The van der Waals surface area contributed by atoms with Gasteiger partial charge in [-0.15, -0.1) is 18.3 Å². The number of allylic oxidation sites excluding steroid dienone is 2. The summed E-state index contributed by atoms with van der Waals surface area (Å²) >= 11 is 0. The number of nitrogens with zero attached hydrogens (tertiary/aromatic N) is 7. The molecule has 12 heteroatoms. The molecule has 2 aromatic heterocycles. The van der Waals surface area contributed by atoms with E-state index in [1.807, 2.05) is 6.92 Å². The first kappa shape index (κ1) is 25.2. The predicted molar refractivity (Wildman–Crippen MR) is 131 cm³/mol. The van der Waals surface area contributed by atoms with Crippen LogP contribution in [0.4, 0.5) is 18.9 Å². The number of ether oxygens (including phenoxy) is 1. The number of benzene rings is 1. The third-order valence-corrected chi connectivity index (χ3v) is 6.54. The van der Waals surface area contributed by atoms with Gasteiger partial charge in [-0.3, -0.25) is 4.74 Å². The topological polar surface area (TPSA) is 85.3 Å². The maximum atomic E-state index is 12.7. The standard InChI is InChI=1S/C25H28F3N7O2/c1-17-29-22(23-30-21(32-36-23)19-7-9-24(2,10-8-19)37-25(26,27)28)31-35(17)16-18-5-4-6-20(15-18)34-13-11-33(3)12-14-34/h4-9,15H,10-14,16H2,1-3H3. The second kappa shape index (κ2) is 9.75. The molecule has 5 rings (SSSR count). The molecule has 3 aromatic rings. The van der Waals surface area contributed by atoms with E-state index >= 15 is 0 Å². The van der Waals surface area contributed by atoms with Crippen LogP contribution >= 0.6 is 0 Å². The van der Waals surface area contributed by atoms with Crippen LogP contribution in [0.25, 0.3) is 17.3 Å². The maximum absolute atomic E-state index is 12.7. The highest BCUT2D eigenvalue weighted by atomic mass is 19.4. The first-order chi connectivity index (χ1) is 17.6. The zero-order valence-corrected chi connectivity index (χ0v) is 20.9. The van der Waals surface area contributed by atoms with Gasteiger partial charge in [0.15, 0.2) is 0 Å². The normalized spacial score (nSPS) is 20.9. The van der Waals surface area contributed by atoms with Gasteiger partial charge in [0.25, 0.3) is 5.89 Å². The highest BCUT2D eigenvalue weighted by Gasteiger charge is 2.39. The second-order valence-electron chi connectivity index (χ2n) is 9.58. The lowest BCUT2D eigenvalue weighted by atomic mass is 9.93. The highest BCUT2D eigenvalue weighted by Crippen LogP contribution is 2.34. The van der Waals surface area contributed by atoms with Gasteiger partial charge in [-0.2, -0.15) is 4.98 Å². The summed E-state index contributed by atoms with van der Waals surface area (Å²) < 4.78 is 49.3. The lowest BCUT2D eigenvalue weighted by Gasteiger charge is -2.34. The third-order valence-electron chi connectivity index (χ3n) is 6.54. The number of halogens is 3. The molecule has 1 aliphatic heterocycles. The van der Waals surface area contributed by atoms with Crippen molar-refractivity contribution in [1.29, 1.82) is 0 Å². The van der Waals surface area contributed by atoms with E-state index < -0.39 is 12.0 Å². The van der Waals surface area contributed by atoms with Gasteiger partial charge in [0.05, 0.1) is 12.1 Å². The molecule has 1 aromatic carbocycles. The van der Waals surface area contributed by atoms with Crippen LogP contribution in [-0.2, 0) is 11.3 Å². The van der Waals surface area contributed by atoms with Crippen LogP contribution in [-0.4, -0.2) is 75.0 Å². The van der Waals surface area contributed by atoms with E-state index in [0.29, 0.717) is 17.9 Å². The monoisotopic (exact) mass is 515 g/mol. The molecule has 1 fully saturated rings. The number of hydrogen-bond acceptors (Lipinski definition) is 8. The Labute approximate surface area is 212 Å². The number of rotatable bonds is 6. The Morgan fingerprint density at radius 2 is 1.89 bits per heavy atom. The molecule has 0 saturated carbocycles. The van der Waals surface area contributed by atoms with Crippen molar-refractivity contribution in [2.45, 2.75) is 38.8 Å². The summed E-state index contributed by atoms with van der Waals surface area (Å²) in [5.74, 6) is 1.36. The molecule has 0 amide bonds. The minimum absolute atomic E-state index is 0.0153. The second-order valence-corrected chi connectivity index (χ2v) is 9.58. The van der Waals surface area contributed by atoms with Gasteiger partial charge < -0.3 is 14.3 Å². The minimum atomic E-state index is -4.72. The lowest BCUT2D eigenvalue weighted by Crippen LogP contribution is -2.44. The molecule has 2 aliphatic rings. The van der Waals surface area contributed by atoms with Crippen LogP contribution in [0.1, 0.15) is 30.6 Å². The van der Waals surface area contributed by atoms with Crippen molar-refractivity contribution in [2.75, 3.05) is 38.1 Å². The molecule has 0 N–H and O–H groups in total. The Morgan fingerprint density at radius 1 is 1.11 bits per heavy atom. The van der Waals surface area contributed by atoms with Gasteiger partial charge in [0.1, 0.15) is 5.82 Å². The van der Waals surface area contributed by atoms with Crippen LogP contribution < -0.4 is 4.90 Å². The van der Waals surface area contributed by atoms with Crippen LogP contribution in [0, 0.1) is 6.92 Å². The van der Waals surface area contributed by atoms with Crippen molar-refractivity contribution in [3.63, 3.8) is 0 Å². The summed E-state index contributed by atoms with van der Waals surface area (Å²) in [7, 11) is 2.14. The van der Waals surface area contributed by atoms with Crippen LogP contribution in [0.5, 0.6) is 0 Å². The molecule has 9 nitrogen and oxygen atoms in total. The summed E-state index contributed by atoms with van der Waals surface area (Å²) in [6.07, 6.45) is -0.280. The minimum Gasteiger partial charge on any atom is -0.369 e. The van der Waals surface area contributed by atoms with Crippen LogP contribution in [0.3, 0.4) is 0 Å². The van der Waals surface area contributed by atoms with Gasteiger partial charge in [0.2, 0.25) is 11.6 Å². The Bertz CT molecular complexity index is 1320. The molecule has 0 bridgehead atoms. The fourth-order valence-electron chi connectivity index (χ4n) is 4.40. The van der Waals surface area contributed by atoms with Gasteiger partial charge >= 0.3 is 6.36 Å². The summed E-state index contributed by atoms with van der Waals surface area (Å²) in [5.41, 5.74) is 1.35. The zero-order chi connectivity index (χ0) is 26.2. The lowest BCUT2D eigenvalue weighted by molar-refractivity contribution is -0.355. The number of likely N-dealkylation sites (N-methyl/N-ethyl adjacent to an activating group) is 1. The van der Waals surface area contributed by atoms with Gasteiger partial charge in [-0.25, -0.2) is 9.67 Å². The predicted octanol–water partition coefficient (Wildman–Crippen LogP) is 4.08. The fraction of sp³-hybridized carbons (Fsp3) is 0.440. The largest absolute Gasteiger partial charge is 0.523 e. The number of anilines is 1. The van der Waals surface area contributed by atoms with Crippen molar-refractivity contribution in [2.24, 2.45) is 0 Å². The molecule has 37 heavy (non-hydrogen) atoms. The molecule has 196 valence electrons. The van der Waals surface area contributed by atoms with Gasteiger partial charge in [-0.05, 0) is 45.0 Å². The Kier molecular flexibility index (Phi) is 6.63. The number of piperazine rings is 1. The summed E-state index contributed by atoms with van der Waals surface area (Å²) in [6.45, 7) is 7.81. The fourth-order valence-corrected chi connectivity index (χ4v) is 4.40. The molecule has 0 radical (unpaired) electrons. The molecule has 1 saturated heterocycles. The quantitative estimate of drug-likeness (QED) is 0.486. The molecular weight excluding hydrogens is 487 g/mol. The summed E-state index contributed by atoms with van der Waals surface area (Å²) in [4.78, 5) is 13.5. The van der Waals surface area contributed by atoms with Crippen molar-refractivity contribution < 1.29 is 22.4 Å². The SMILES string of the molecule is Cc1nc(-c2nc(C3=CCC(C)(OC(F)(F)F)C=C3)no2)nn1Cc1cccc(N2CCN(C)CC2)c1. The molecule has 1 aliphatic carbocycles. The van der Waals surface area contributed by atoms with E-state index in [1.165, 1.54) is 24.8 Å². The van der Waals surface area contributed by atoms with Gasteiger partial charge in [-0.1, -0.05) is 35.5 Å². The van der Waals surface area contributed by atoms with Crippen molar-refractivity contribution in [1.82, 2.24) is 29.8 Å². The Morgan fingerprint density at radius 3 is 2.59 bits per heavy atom. The van der Waals surface area contributed by atoms with E-state index in [-0.39, 0.29) is 24.0 Å². The average molecular weight is 516 g/mol. The highest BCUT2D eigenvalue weighted by molar-refractivity contribution is 5.71. The van der Waals surface area contributed by atoms with Crippen molar-refractivity contribution in [3.05, 3.63) is 59.7 Å². The third kappa shape index (κ3) is 5.91. The smallest absolute Gasteiger partial charge is 0.369 e. The first-order valence-corrected chi connectivity index (χ1v) is 12.0. The maximum Gasteiger partial charge on any atom is 0.523 e. The molecule has 1 atom stereocenters. The van der Waals surface area contributed by atoms with E-state index in [2.05, 4.69) is 66.1 Å². The number of hydrogen-bond donors (Lipinski definition) is 0. The summed E-state index contributed by atoms with van der Waals surface area (Å²) in [5, 5.41) is 8.52. The van der Waals surface area contributed by atoms with E-state index in [0.717, 1.165) is 31.7 Å².